The summed E-state index contributed by atoms with van der Waals surface area (Å²) in [6, 6.07) is 7.40. The van der Waals surface area contributed by atoms with E-state index in [2.05, 4.69) is 21.2 Å². The van der Waals surface area contributed by atoms with Crippen molar-refractivity contribution in [2.24, 2.45) is 0 Å². The highest BCUT2D eigenvalue weighted by Gasteiger charge is 2.20. The second kappa shape index (κ2) is 6.71. The normalized spacial score (nSPS) is 10.2. The summed E-state index contributed by atoms with van der Waals surface area (Å²) < 4.78 is 0.700. The van der Waals surface area contributed by atoms with Crippen LogP contribution in [0.4, 0.5) is 17.1 Å². The molecule has 0 aliphatic carbocycles. The van der Waals surface area contributed by atoms with Crippen molar-refractivity contribution in [1.29, 1.82) is 0 Å². The molecule has 2 aromatic carbocycles. The Morgan fingerprint density at radius 1 is 1.04 bits per heavy atom. The third-order valence-electron chi connectivity index (χ3n) is 2.77. The van der Waals surface area contributed by atoms with E-state index in [9.17, 15) is 25.0 Å². The average molecular weight is 401 g/mol. The fourth-order valence-corrected chi connectivity index (χ4v) is 2.44. The minimum Gasteiger partial charge on any atom is -0.321 e. The Morgan fingerprint density at radius 2 is 1.61 bits per heavy atom. The van der Waals surface area contributed by atoms with Crippen molar-refractivity contribution in [2.45, 2.75) is 0 Å². The molecule has 118 valence electrons. The van der Waals surface area contributed by atoms with E-state index < -0.39 is 27.1 Å². The van der Waals surface area contributed by atoms with Crippen molar-refractivity contribution in [2.75, 3.05) is 5.32 Å². The summed E-state index contributed by atoms with van der Waals surface area (Å²) in [4.78, 5) is 32.2. The first kappa shape index (κ1) is 16.8. The molecule has 0 atom stereocenters. The lowest BCUT2D eigenvalue weighted by atomic mass is 10.1. The smallest absolute Gasteiger partial charge is 0.277 e. The summed E-state index contributed by atoms with van der Waals surface area (Å²) in [6.07, 6.45) is 0. The van der Waals surface area contributed by atoms with Gasteiger partial charge < -0.3 is 5.32 Å². The van der Waals surface area contributed by atoms with Crippen LogP contribution in [0.5, 0.6) is 0 Å². The molecule has 0 spiro atoms. The van der Waals surface area contributed by atoms with E-state index in [1.807, 2.05) is 0 Å². The molecule has 0 fully saturated rings. The summed E-state index contributed by atoms with van der Waals surface area (Å²) in [6.45, 7) is 0. The molecular weight excluding hydrogens is 394 g/mol. The van der Waals surface area contributed by atoms with E-state index >= 15 is 0 Å². The lowest BCUT2D eigenvalue weighted by Crippen LogP contribution is -2.13. The van der Waals surface area contributed by atoms with Gasteiger partial charge in [-0.2, -0.15) is 0 Å². The summed E-state index contributed by atoms with van der Waals surface area (Å²) in [7, 11) is 0. The van der Waals surface area contributed by atoms with E-state index in [0.29, 0.717) is 4.47 Å². The highest BCUT2D eigenvalue weighted by molar-refractivity contribution is 9.10. The molecular formula is C13H7BrClN3O5. The minimum atomic E-state index is -0.809. The van der Waals surface area contributed by atoms with E-state index in [0.717, 1.165) is 18.2 Å². The van der Waals surface area contributed by atoms with Gasteiger partial charge in [-0.05, 0) is 18.2 Å². The second-order valence-electron chi connectivity index (χ2n) is 4.33. The van der Waals surface area contributed by atoms with Crippen LogP contribution in [-0.2, 0) is 0 Å². The molecule has 0 aliphatic rings. The number of carbonyl (C=O) groups excluding carboxylic acids is 1. The van der Waals surface area contributed by atoms with Gasteiger partial charge in [-0.3, -0.25) is 25.0 Å². The SMILES string of the molecule is O=C(Nc1ccc(Br)cc1Cl)c1cc([N+](=O)[O-])cc([N+](=O)[O-])c1. The maximum absolute atomic E-state index is 12.2. The second-order valence-corrected chi connectivity index (χ2v) is 5.65. The largest absolute Gasteiger partial charge is 0.321 e. The Balaban J connectivity index is 2.38. The fraction of sp³-hybridized carbons (Fsp3) is 0. The van der Waals surface area contributed by atoms with Crippen molar-refractivity contribution in [1.82, 2.24) is 0 Å². The Labute approximate surface area is 142 Å². The molecule has 0 saturated heterocycles. The summed E-state index contributed by atoms with van der Waals surface area (Å²) in [5.41, 5.74) is -1.04. The van der Waals surface area contributed by atoms with Crippen LogP contribution < -0.4 is 5.32 Å². The number of rotatable bonds is 4. The Bertz CT molecular complexity index is 795. The van der Waals surface area contributed by atoms with Gasteiger partial charge in [0, 0.05) is 16.6 Å². The summed E-state index contributed by atoms with van der Waals surface area (Å²) in [5, 5.41) is 24.3. The van der Waals surface area contributed by atoms with Gasteiger partial charge in [0.15, 0.2) is 0 Å². The van der Waals surface area contributed by atoms with Crippen LogP contribution in [0.25, 0.3) is 0 Å². The Kier molecular flexibility index (Phi) is 4.92. The molecule has 0 bridgehead atoms. The van der Waals surface area contributed by atoms with E-state index in [1.54, 1.807) is 12.1 Å². The van der Waals surface area contributed by atoms with Crippen molar-refractivity contribution in [3.05, 3.63) is 71.7 Å². The maximum Gasteiger partial charge on any atom is 0.277 e. The monoisotopic (exact) mass is 399 g/mol. The van der Waals surface area contributed by atoms with Crippen LogP contribution in [-0.4, -0.2) is 15.8 Å². The number of amides is 1. The molecule has 23 heavy (non-hydrogen) atoms. The van der Waals surface area contributed by atoms with Crippen LogP contribution in [0.3, 0.4) is 0 Å². The number of nitro benzene ring substituents is 2. The number of benzene rings is 2. The van der Waals surface area contributed by atoms with Gasteiger partial charge in [0.1, 0.15) is 0 Å². The molecule has 1 N–H and O–H groups in total. The van der Waals surface area contributed by atoms with E-state index in [1.165, 1.54) is 6.07 Å². The number of nitro groups is 2. The molecule has 10 heteroatoms. The van der Waals surface area contributed by atoms with Crippen molar-refractivity contribution in [3.63, 3.8) is 0 Å². The van der Waals surface area contributed by atoms with E-state index in [-0.39, 0.29) is 16.3 Å². The lowest BCUT2D eigenvalue weighted by Gasteiger charge is -2.07. The first-order valence-electron chi connectivity index (χ1n) is 5.98. The van der Waals surface area contributed by atoms with Gasteiger partial charge in [0.05, 0.1) is 32.2 Å². The topological polar surface area (TPSA) is 115 Å². The summed E-state index contributed by atoms with van der Waals surface area (Å²) >= 11 is 9.17. The van der Waals surface area contributed by atoms with Gasteiger partial charge in [-0.1, -0.05) is 27.5 Å². The first-order chi connectivity index (χ1) is 10.8. The standard InChI is InChI=1S/C13H7BrClN3O5/c14-8-1-2-12(11(15)5-8)16-13(19)7-3-9(17(20)21)6-10(4-7)18(22)23/h1-6H,(H,16,19). The van der Waals surface area contributed by atoms with Gasteiger partial charge >= 0.3 is 0 Å². The highest BCUT2D eigenvalue weighted by Crippen LogP contribution is 2.27. The highest BCUT2D eigenvalue weighted by atomic mass is 79.9. The molecule has 0 unspecified atom stereocenters. The average Bonchev–Trinajstić information content (AvgIpc) is 2.49. The zero-order chi connectivity index (χ0) is 17.1. The summed E-state index contributed by atoms with van der Waals surface area (Å²) in [5.74, 6) is -0.749. The van der Waals surface area contributed by atoms with Crippen molar-refractivity contribution >= 4 is 50.5 Å². The molecule has 0 saturated carbocycles. The van der Waals surface area contributed by atoms with Crippen LogP contribution >= 0.6 is 27.5 Å². The molecule has 0 aliphatic heterocycles. The zero-order valence-corrected chi connectivity index (χ0v) is 13.5. The predicted octanol–water partition coefficient (Wildman–Crippen LogP) is 4.17. The Hall–Kier alpha value is -2.52. The Morgan fingerprint density at radius 3 is 2.09 bits per heavy atom. The van der Waals surface area contributed by atoms with Crippen molar-refractivity contribution < 1.29 is 14.6 Å². The number of hydrogen-bond donors (Lipinski definition) is 1. The number of halogens is 2. The maximum atomic E-state index is 12.2. The molecule has 2 aromatic rings. The number of anilines is 1. The quantitative estimate of drug-likeness (QED) is 0.611. The fourth-order valence-electron chi connectivity index (χ4n) is 1.72. The lowest BCUT2D eigenvalue weighted by molar-refractivity contribution is -0.394. The number of nitrogens with one attached hydrogen (secondary N) is 1. The number of hydrogen-bond acceptors (Lipinski definition) is 5. The van der Waals surface area contributed by atoms with Crippen LogP contribution in [0.15, 0.2) is 40.9 Å². The molecule has 0 aromatic heterocycles. The van der Waals surface area contributed by atoms with Gasteiger partial charge in [0.25, 0.3) is 17.3 Å². The third kappa shape index (κ3) is 4.02. The number of nitrogens with zero attached hydrogens (tertiary/aromatic N) is 2. The molecule has 1 amide bonds. The van der Waals surface area contributed by atoms with E-state index in [4.69, 9.17) is 11.6 Å². The minimum absolute atomic E-state index is 0.218. The van der Waals surface area contributed by atoms with Gasteiger partial charge in [0.2, 0.25) is 0 Å². The van der Waals surface area contributed by atoms with Crippen molar-refractivity contribution in [3.8, 4) is 0 Å². The van der Waals surface area contributed by atoms with Gasteiger partial charge in [-0.15, -0.1) is 0 Å². The number of carbonyl (C=O) groups is 1. The number of non-ortho nitro benzene ring substituents is 2. The molecule has 8 nitrogen and oxygen atoms in total. The first-order valence-corrected chi connectivity index (χ1v) is 7.15. The van der Waals surface area contributed by atoms with Crippen LogP contribution in [0, 0.1) is 20.2 Å². The zero-order valence-electron chi connectivity index (χ0n) is 11.2. The molecule has 0 heterocycles. The van der Waals surface area contributed by atoms with Crippen LogP contribution in [0.1, 0.15) is 10.4 Å². The van der Waals surface area contributed by atoms with Crippen LogP contribution in [0.2, 0.25) is 5.02 Å². The van der Waals surface area contributed by atoms with Gasteiger partial charge in [-0.25, -0.2) is 0 Å². The predicted molar refractivity (Wildman–Crippen MR) is 86.9 cm³/mol. The third-order valence-corrected chi connectivity index (χ3v) is 3.57. The molecule has 0 radical (unpaired) electrons. The molecule has 2 rings (SSSR count).